The number of phenols is 1. The van der Waals surface area contributed by atoms with E-state index in [4.69, 9.17) is 4.74 Å². The van der Waals surface area contributed by atoms with Gasteiger partial charge < -0.3 is 15.2 Å². The summed E-state index contributed by atoms with van der Waals surface area (Å²) in [7, 11) is 0. The molecule has 4 heteroatoms. The number of ether oxygens (including phenoxy) is 1. The zero-order valence-corrected chi connectivity index (χ0v) is 12.1. The summed E-state index contributed by atoms with van der Waals surface area (Å²) in [5, 5.41) is 15.0. The molecule has 2 N–H and O–H groups in total. The molecule has 110 valence electrons. The summed E-state index contributed by atoms with van der Waals surface area (Å²) in [6, 6.07) is 7.00. The molecule has 0 amide bonds. The van der Waals surface area contributed by atoms with Crippen LogP contribution in [0.3, 0.4) is 0 Å². The quantitative estimate of drug-likeness (QED) is 0.363. The highest BCUT2D eigenvalue weighted by atomic mass is 16.5. The van der Waals surface area contributed by atoms with Crippen molar-refractivity contribution in [1.29, 1.82) is 0 Å². The van der Waals surface area contributed by atoms with Crippen molar-refractivity contribution in [3.05, 3.63) is 29.8 Å². The molecule has 1 aliphatic heterocycles. The van der Waals surface area contributed by atoms with Gasteiger partial charge in [0, 0.05) is 23.4 Å². The average molecular weight is 285 g/mol. The molecule has 0 aromatic heterocycles. The van der Waals surface area contributed by atoms with Gasteiger partial charge in [-0.05, 0) is 12.5 Å². The first kappa shape index (κ1) is 13.7. The highest BCUT2D eigenvalue weighted by Gasteiger charge is 2.26. The molecule has 1 heterocycles. The molecule has 2 aromatic carbocycles. The molecule has 21 heavy (non-hydrogen) atoms. The molecule has 0 radical (unpaired) electrons. The molecule has 0 unspecified atom stereocenters. The normalized spacial score (nSPS) is 12.7. The number of aromatic hydroxyl groups is 1. The SMILES string of the molecule is CCCCCCNc1cc2c3c(cccc3c1O)C(=O)O2. The van der Waals surface area contributed by atoms with Crippen LogP contribution in [0.2, 0.25) is 0 Å². The van der Waals surface area contributed by atoms with Crippen molar-refractivity contribution in [1.82, 2.24) is 0 Å². The van der Waals surface area contributed by atoms with Gasteiger partial charge in [-0.1, -0.05) is 38.3 Å². The van der Waals surface area contributed by atoms with Crippen molar-refractivity contribution in [3.63, 3.8) is 0 Å². The van der Waals surface area contributed by atoms with Gasteiger partial charge in [0.25, 0.3) is 0 Å². The van der Waals surface area contributed by atoms with E-state index in [2.05, 4.69) is 12.2 Å². The van der Waals surface area contributed by atoms with Gasteiger partial charge in [-0.2, -0.15) is 0 Å². The third-order valence-corrected chi connectivity index (χ3v) is 3.86. The van der Waals surface area contributed by atoms with E-state index in [-0.39, 0.29) is 11.7 Å². The van der Waals surface area contributed by atoms with E-state index in [0.717, 1.165) is 13.0 Å². The standard InChI is InChI=1S/C17H19NO3/c1-2-3-4-5-9-18-13-10-14-15-11(16(13)19)7-6-8-12(15)17(20)21-14/h6-8,10,18-19H,2-5,9H2,1H3. The Kier molecular flexibility index (Phi) is 3.69. The number of carbonyl (C=O) groups excluding carboxylic acids is 1. The molecular weight excluding hydrogens is 266 g/mol. The minimum absolute atomic E-state index is 0.185. The summed E-state index contributed by atoms with van der Waals surface area (Å²) in [6.07, 6.45) is 4.64. The Morgan fingerprint density at radius 3 is 2.90 bits per heavy atom. The summed E-state index contributed by atoms with van der Waals surface area (Å²) < 4.78 is 5.27. The van der Waals surface area contributed by atoms with Crippen molar-refractivity contribution < 1.29 is 14.6 Å². The molecular formula is C17H19NO3. The van der Waals surface area contributed by atoms with Crippen molar-refractivity contribution in [2.75, 3.05) is 11.9 Å². The Labute approximate surface area is 123 Å². The van der Waals surface area contributed by atoms with Crippen LogP contribution in [0.1, 0.15) is 43.0 Å². The molecule has 0 aliphatic carbocycles. The van der Waals surface area contributed by atoms with Crippen LogP contribution in [0.25, 0.3) is 10.8 Å². The second-order valence-corrected chi connectivity index (χ2v) is 5.38. The Balaban J connectivity index is 1.87. The van der Waals surface area contributed by atoms with Crippen LogP contribution < -0.4 is 10.1 Å². The van der Waals surface area contributed by atoms with Gasteiger partial charge in [0.15, 0.2) is 0 Å². The van der Waals surface area contributed by atoms with Crippen molar-refractivity contribution >= 4 is 22.4 Å². The van der Waals surface area contributed by atoms with Crippen molar-refractivity contribution in [2.45, 2.75) is 32.6 Å². The van der Waals surface area contributed by atoms with Crippen LogP contribution in [0.15, 0.2) is 24.3 Å². The topological polar surface area (TPSA) is 58.6 Å². The number of anilines is 1. The first-order chi connectivity index (χ1) is 10.2. The summed E-state index contributed by atoms with van der Waals surface area (Å²) >= 11 is 0. The maximum absolute atomic E-state index is 11.8. The molecule has 4 nitrogen and oxygen atoms in total. The number of unbranched alkanes of at least 4 members (excludes halogenated alkanes) is 3. The molecule has 0 atom stereocenters. The van der Waals surface area contributed by atoms with E-state index in [0.29, 0.717) is 27.8 Å². The van der Waals surface area contributed by atoms with Crippen LogP contribution in [-0.4, -0.2) is 17.6 Å². The van der Waals surface area contributed by atoms with Crippen LogP contribution >= 0.6 is 0 Å². The Morgan fingerprint density at radius 2 is 2.10 bits per heavy atom. The smallest absolute Gasteiger partial charge is 0.344 e. The largest absolute Gasteiger partial charge is 0.505 e. The predicted molar refractivity (Wildman–Crippen MR) is 83.2 cm³/mol. The molecule has 0 fully saturated rings. The number of rotatable bonds is 6. The fourth-order valence-corrected chi connectivity index (χ4v) is 2.75. The number of phenolic OH excluding ortho intramolecular Hbond substituents is 1. The molecule has 0 bridgehead atoms. The predicted octanol–water partition coefficient (Wildman–Crippen LogP) is 4.07. The summed E-state index contributed by atoms with van der Waals surface area (Å²) in [5.74, 6) is 0.360. The maximum atomic E-state index is 11.8. The van der Waals surface area contributed by atoms with Gasteiger partial charge in [0.1, 0.15) is 11.5 Å². The van der Waals surface area contributed by atoms with Gasteiger partial charge in [-0.25, -0.2) is 4.79 Å². The zero-order chi connectivity index (χ0) is 14.8. The van der Waals surface area contributed by atoms with Crippen molar-refractivity contribution in [2.24, 2.45) is 0 Å². The zero-order valence-electron chi connectivity index (χ0n) is 12.1. The van der Waals surface area contributed by atoms with Crippen molar-refractivity contribution in [3.8, 4) is 11.5 Å². The van der Waals surface area contributed by atoms with Crippen LogP contribution in [0.4, 0.5) is 5.69 Å². The molecule has 0 spiro atoms. The monoisotopic (exact) mass is 285 g/mol. The number of benzene rings is 2. The van der Waals surface area contributed by atoms with E-state index in [9.17, 15) is 9.90 Å². The number of hydrogen-bond acceptors (Lipinski definition) is 4. The Hall–Kier alpha value is -2.23. The van der Waals surface area contributed by atoms with Gasteiger partial charge in [-0.3, -0.25) is 0 Å². The highest BCUT2D eigenvalue weighted by Crippen LogP contribution is 2.44. The fourth-order valence-electron chi connectivity index (χ4n) is 2.75. The van der Waals surface area contributed by atoms with E-state index in [1.165, 1.54) is 19.3 Å². The van der Waals surface area contributed by atoms with E-state index in [1.54, 1.807) is 18.2 Å². The molecule has 1 aliphatic rings. The van der Waals surface area contributed by atoms with Gasteiger partial charge in [0.05, 0.1) is 11.3 Å². The summed E-state index contributed by atoms with van der Waals surface area (Å²) in [5.41, 5.74) is 1.15. The lowest BCUT2D eigenvalue weighted by molar-refractivity contribution is 0.0754. The molecule has 0 saturated carbocycles. The second-order valence-electron chi connectivity index (χ2n) is 5.38. The Bertz CT molecular complexity index is 694. The van der Waals surface area contributed by atoms with Crippen LogP contribution in [0.5, 0.6) is 11.5 Å². The lowest BCUT2D eigenvalue weighted by atomic mass is 10.0. The first-order valence-electron chi connectivity index (χ1n) is 7.47. The highest BCUT2D eigenvalue weighted by molar-refractivity contribution is 6.15. The molecule has 2 aromatic rings. The first-order valence-corrected chi connectivity index (χ1v) is 7.47. The second kappa shape index (κ2) is 5.64. The molecule has 3 rings (SSSR count). The van der Waals surface area contributed by atoms with Crippen LogP contribution in [-0.2, 0) is 0 Å². The lowest BCUT2D eigenvalue weighted by Gasteiger charge is -2.11. The van der Waals surface area contributed by atoms with Crippen LogP contribution in [0, 0.1) is 0 Å². The third-order valence-electron chi connectivity index (χ3n) is 3.86. The summed E-state index contributed by atoms with van der Waals surface area (Å²) in [4.78, 5) is 11.8. The number of hydrogen-bond donors (Lipinski definition) is 2. The number of esters is 1. The van der Waals surface area contributed by atoms with E-state index in [1.807, 2.05) is 6.07 Å². The van der Waals surface area contributed by atoms with E-state index >= 15 is 0 Å². The fraction of sp³-hybridized carbons (Fsp3) is 0.353. The minimum atomic E-state index is -0.352. The lowest BCUT2D eigenvalue weighted by Crippen LogP contribution is -2.02. The van der Waals surface area contributed by atoms with Gasteiger partial charge in [-0.15, -0.1) is 0 Å². The average Bonchev–Trinajstić information content (AvgIpc) is 2.81. The van der Waals surface area contributed by atoms with Gasteiger partial charge >= 0.3 is 5.97 Å². The number of nitrogens with one attached hydrogen (secondary N) is 1. The van der Waals surface area contributed by atoms with E-state index < -0.39 is 0 Å². The summed E-state index contributed by atoms with van der Waals surface area (Å²) in [6.45, 7) is 2.97. The van der Waals surface area contributed by atoms with Gasteiger partial charge in [0.2, 0.25) is 0 Å². The third kappa shape index (κ3) is 2.42. The molecule has 0 saturated heterocycles. The number of carbonyl (C=O) groups is 1. The minimum Gasteiger partial charge on any atom is -0.505 e. The Morgan fingerprint density at radius 1 is 1.24 bits per heavy atom. The maximum Gasteiger partial charge on any atom is 0.344 e.